The first-order chi connectivity index (χ1) is 13.2. The van der Waals surface area contributed by atoms with Crippen molar-refractivity contribution < 1.29 is 0 Å². The first-order valence-electron chi connectivity index (χ1n) is 9.04. The van der Waals surface area contributed by atoms with E-state index in [2.05, 4.69) is 26.3 Å². The van der Waals surface area contributed by atoms with Crippen LogP contribution in [0, 0.1) is 0 Å². The van der Waals surface area contributed by atoms with Gasteiger partial charge in [0.2, 0.25) is 5.95 Å². The fraction of sp³-hybridized carbons (Fsp3) is 0.238. The summed E-state index contributed by atoms with van der Waals surface area (Å²) in [6.45, 7) is 2.87. The highest BCUT2D eigenvalue weighted by atomic mass is 35.5. The number of halogens is 1. The Bertz CT molecular complexity index is 987. The van der Waals surface area contributed by atoms with Crippen LogP contribution in [0.5, 0.6) is 0 Å². The molecule has 0 amide bonds. The minimum absolute atomic E-state index is 0.0636. The normalized spacial score (nSPS) is 14.0. The molecule has 1 aliphatic rings. The Morgan fingerprint density at radius 2 is 1.93 bits per heavy atom. The van der Waals surface area contributed by atoms with E-state index in [4.69, 9.17) is 11.6 Å². The van der Waals surface area contributed by atoms with Crippen molar-refractivity contribution in [3.05, 3.63) is 92.4 Å². The highest BCUT2D eigenvalue weighted by Gasteiger charge is 2.21. The summed E-state index contributed by atoms with van der Waals surface area (Å²) in [6.07, 6.45) is 0.764. The van der Waals surface area contributed by atoms with Crippen LogP contribution in [-0.2, 0) is 26.1 Å². The molecule has 0 saturated heterocycles. The summed E-state index contributed by atoms with van der Waals surface area (Å²) in [6, 6.07) is 17.9. The molecule has 2 N–H and O–H groups in total. The van der Waals surface area contributed by atoms with Gasteiger partial charge in [0, 0.05) is 37.6 Å². The van der Waals surface area contributed by atoms with Crippen LogP contribution in [-0.4, -0.2) is 21.4 Å². The second-order valence-electron chi connectivity index (χ2n) is 6.77. The Morgan fingerprint density at radius 1 is 1.11 bits per heavy atom. The zero-order valence-electron chi connectivity index (χ0n) is 14.9. The molecule has 3 aromatic rings. The lowest BCUT2D eigenvalue weighted by Crippen LogP contribution is -2.35. The van der Waals surface area contributed by atoms with E-state index < -0.39 is 0 Å². The quantitative estimate of drug-likeness (QED) is 0.710. The molecule has 1 aliphatic heterocycles. The lowest BCUT2D eigenvalue weighted by atomic mass is 10.1. The number of aromatic nitrogens is 2. The Hall–Kier alpha value is -2.63. The van der Waals surface area contributed by atoms with Crippen molar-refractivity contribution >= 4 is 17.5 Å². The van der Waals surface area contributed by atoms with Gasteiger partial charge < -0.3 is 5.32 Å². The summed E-state index contributed by atoms with van der Waals surface area (Å²) in [5.41, 5.74) is 3.87. The third-order valence-corrected chi connectivity index (χ3v) is 4.98. The molecule has 5 nitrogen and oxygen atoms in total. The summed E-state index contributed by atoms with van der Waals surface area (Å²) in [5, 5.41) is 3.95. The van der Waals surface area contributed by atoms with Gasteiger partial charge in [-0.05, 0) is 23.3 Å². The number of hydrogen-bond acceptors (Lipinski definition) is 4. The van der Waals surface area contributed by atoms with Gasteiger partial charge in [-0.3, -0.25) is 14.7 Å². The van der Waals surface area contributed by atoms with Crippen LogP contribution in [0.4, 0.5) is 5.95 Å². The molecule has 2 aromatic carbocycles. The Labute approximate surface area is 163 Å². The van der Waals surface area contributed by atoms with Crippen LogP contribution in [0.25, 0.3) is 0 Å². The lowest BCUT2D eigenvalue weighted by molar-refractivity contribution is 0.242. The minimum Gasteiger partial charge on any atom is -0.352 e. The molecule has 0 unspecified atom stereocenters. The minimum atomic E-state index is -0.0636. The van der Waals surface area contributed by atoms with Gasteiger partial charge in [0.15, 0.2) is 0 Å². The number of anilines is 1. The molecule has 4 rings (SSSR count). The standard InChI is InChI=1S/C21H21ClN4O/c22-17-8-4-7-16(11-17)13-26-10-9-19-18(14-26)20(27)25-21(24-19)23-12-15-5-2-1-3-6-15/h1-8,11H,9-10,12-14H2,(H2,23,24,25,27). The molecule has 138 valence electrons. The molecule has 0 fully saturated rings. The number of H-pyrrole nitrogens is 1. The molecule has 27 heavy (non-hydrogen) atoms. The molecule has 0 atom stereocenters. The van der Waals surface area contributed by atoms with Crippen LogP contribution in [0.3, 0.4) is 0 Å². The lowest BCUT2D eigenvalue weighted by Gasteiger charge is -2.27. The monoisotopic (exact) mass is 380 g/mol. The van der Waals surface area contributed by atoms with Crippen LogP contribution in [0.1, 0.15) is 22.4 Å². The predicted molar refractivity (Wildman–Crippen MR) is 108 cm³/mol. The van der Waals surface area contributed by atoms with E-state index in [1.807, 2.05) is 48.5 Å². The first-order valence-corrected chi connectivity index (χ1v) is 9.42. The molecule has 0 radical (unpaired) electrons. The van der Waals surface area contributed by atoms with Crippen molar-refractivity contribution in [2.75, 3.05) is 11.9 Å². The molecule has 0 aliphatic carbocycles. The molecule has 0 bridgehead atoms. The van der Waals surface area contributed by atoms with Crippen LogP contribution in [0.15, 0.2) is 59.4 Å². The number of benzene rings is 2. The molecule has 0 saturated carbocycles. The maximum Gasteiger partial charge on any atom is 0.257 e. The molecule has 1 aromatic heterocycles. The van der Waals surface area contributed by atoms with E-state index >= 15 is 0 Å². The largest absolute Gasteiger partial charge is 0.352 e. The van der Waals surface area contributed by atoms with Crippen molar-refractivity contribution in [1.29, 1.82) is 0 Å². The molecular formula is C21H21ClN4O. The van der Waals surface area contributed by atoms with E-state index in [9.17, 15) is 4.79 Å². The Balaban J connectivity index is 1.45. The summed E-state index contributed by atoms with van der Waals surface area (Å²) < 4.78 is 0. The average Bonchev–Trinajstić information content (AvgIpc) is 2.68. The third-order valence-electron chi connectivity index (χ3n) is 4.75. The molecular weight excluding hydrogens is 360 g/mol. The van der Waals surface area contributed by atoms with E-state index in [0.717, 1.165) is 46.9 Å². The van der Waals surface area contributed by atoms with Crippen LogP contribution in [0.2, 0.25) is 5.02 Å². The fourth-order valence-corrected chi connectivity index (χ4v) is 3.59. The van der Waals surface area contributed by atoms with Gasteiger partial charge in [0.1, 0.15) is 0 Å². The summed E-state index contributed by atoms with van der Waals surface area (Å²) in [4.78, 5) is 22.3. The van der Waals surface area contributed by atoms with Gasteiger partial charge in [-0.25, -0.2) is 4.98 Å². The van der Waals surface area contributed by atoms with Crippen LogP contribution < -0.4 is 10.9 Å². The summed E-state index contributed by atoms with van der Waals surface area (Å²) in [5.74, 6) is 0.533. The van der Waals surface area contributed by atoms with Crippen LogP contribution >= 0.6 is 11.6 Å². The van der Waals surface area contributed by atoms with Crippen molar-refractivity contribution in [1.82, 2.24) is 14.9 Å². The first kappa shape index (κ1) is 17.8. The van der Waals surface area contributed by atoms with Crippen molar-refractivity contribution in [3.63, 3.8) is 0 Å². The number of nitrogens with one attached hydrogen (secondary N) is 2. The van der Waals surface area contributed by atoms with Gasteiger partial charge in [0.05, 0.1) is 11.3 Å². The fourth-order valence-electron chi connectivity index (χ4n) is 3.37. The average molecular weight is 381 g/mol. The van der Waals surface area contributed by atoms with Crippen molar-refractivity contribution in [2.24, 2.45) is 0 Å². The van der Waals surface area contributed by atoms with E-state index in [0.29, 0.717) is 19.0 Å². The maximum atomic E-state index is 12.6. The van der Waals surface area contributed by atoms with Crippen molar-refractivity contribution in [2.45, 2.75) is 26.1 Å². The number of nitrogens with zero attached hydrogens (tertiary/aromatic N) is 2. The zero-order chi connectivity index (χ0) is 18.6. The number of hydrogen-bond donors (Lipinski definition) is 2. The van der Waals surface area contributed by atoms with E-state index in [-0.39, 0.29) is 5.56 Å². The number of aromatic amines is 1. The second-order valence-corrected chi connectivity index (χ2v) is 7.21. The zero-order valence-corrected chi connectivity index (χ0v) is 15.7. The van der Waals surface area contributed by atoms with E-state index in [1.165, 1.54) is 0 Å². The van der Waals surface area contributed by atoms with Gasteiger partial charge in [-0.15, -0.1) is 0 Å². The highest BCUT2D eigenvalue weighted by molar-refractivity contribution is 6.30. The topological polar surface area (TPSA) is 61.0 Å². The van der Waals surface area contributed by atoms with Gasteiger partial charge >= 0.3 is 0 Å². The molecule has 0 spiro atoms. The summed E-state index contributed by atoms with van der Waals surface area (Å²) in [7, 11) is 0. The Kier molecular flexibility index (Phi) is 5.23. The summed E-state index contributed by atoms with van der Waals surface area (Å²) >= 11 is 6.07. The van der Waals surface area contributed by atoms with Gasteiger partial charge in [-0.1, -0.05) is 54.1 Å². The second kappa shape index (κ2) is 7.94. The third kappa shape index (κ3) is 4.38. The van der Waals surface area contributed by atoms with E-state index in [1.54, 1.807) is 0 Å². The SMILES string of the molecule is O=c1[nH]c(NCc2ccccc2)nc2c1CN(Cc1cccc(Cl)c1)CC2. The Morgan fingerprint density at radius 3 is 2.74 bits per heavy atom. The van der Waals surface area contributed by atoms with Gasteiger partial charge in [-0.2, -0.15) is 0 Å². The maximum absolute atomic E-state index is 12.6. The smallest absolute Gasteiger partial charge is 0.257 e. The number of fused-ring (bicyclic) bond motifs is 1. The predicted octanol–water partition coefficient (Wildman–Crippen LogP) is 3.59. The molecule has 6 heteroatoms. The van der Waals surface area contributed by atoms with Crippen molar-refractivity contribution in [3.8, 4) is 0 Å². The highest BCUT2D eigenvalue weighted by Crippen LogP contribution is 2.19. The van der Waals surface area contributed by atoms with Gasteiger partial charge in [0.25, 0.3) is 5.56 Å². The number of rotatable bonds is 5. The molecule has 2 heterocycles.